The normalized spacial score (nSPS) is 10.5. The number of nitro groups is 1. The van der Waals surface area contributed by atoms with E-state index in [1.165, 1.54) is 23.5 Å². The first-order valence-electron chi connectivity index (χ1n) is 5.89. The number of nitrogens with two attached hydrogens (primary N) is 1. The smallest absolute Gasteiger partial charge is 0.311 e. The van der Waals surface area contributed by atoms with Crippen LogP contribution < -0.4 is 16.6 Å². The van der Waals surface area contributed by atoms with Gasteiger partial charge < -0.3 is 10.7 Å². The molecular weight excluding hydrogens is 292 g/mol. The van der Waals surface area contributed by atoms with E-state index in [0.717, 1.165) is 10.2 Å². The molecule has 0 aliphatic carbocycles. The summed E-state index contributed by atoms with van der Waals surface area (Å²) in [6.07, 6.45) is 0. The molecule has 4 N–H and O–H groups in total. The summed E-state index contributed by atoms with van der Waals surface area (Å²) in [4.78, 5) is 18.8. The maximum Gasteiger partial charge on any atom is 0.311 e. The highest BCUT2D eigenvalue weighted by Gasteiger charge is 2.16. The van der Waals surface area contributed by atoms with Crippen molar-refractivity contribution in [1.82, 2.24) is 9.97 Å². The fraction of sp³-hybridized carbons (Fsp3) is 0. The molecule has 0 bridgehead atoms. The molecule has 1 aromatic carbocycles. The van der Waals surface area contributed by atoms with Gasteiger partial charge in [-0.3, -0.25) is 10.1 Å². The molecule has 21 heavy (non-hydrogen) atoms. The van der Waals surface area contributed by atoms with E-state index in [-0.39, 0.29) is 11.5 Å². The summed E-state index contributed by atoms with van der Waals surface area (Å²) in [5, 5.41) is 14.0. The number of fused-ring (bicyclic) bond motifs is 1. The Morgan fingerprint density at radius 1 is 1.29 bits per heavy atom. The second-order valence-electron chi connectivity index (χ2n) is 4.13. The number of benzene rings is 1. The molecule has 0 saturated heterocycles. The van der Waals surface area contributed by atoms with Crippen molar-refractivity contribution in [3.8, 4) is 0 Å². The molecule has 2 heterocycles. The fourth-order valence-electron chi connectivity index (χ4n) is 1.84. The van der Waals surface area contributed by atoms with Gasteiger partial charge in [0.1, 0.15) is 5.82 Å². The first kappa shape index (κ1) is 13.2. The van der Waals surface area contributed by atoms with Crippen molar-refractivity contribution in [2.45, 2.75) is 0 Å². The topological polar surface area (TPSA) is 119 Å². The average molecular weight is 302 g/mol. The van der Waals surface area contributed by atoms with E-state index >= 15 is 0 Å². The van der Waals surface area contributed by atoms with Crippen molar-refractivity contribution in [3.05, 3.63) is 46.0 Å². The number of anilines is 3. The van der Waals surface area contributed by atoms with Gasteiger partial charge in [-0.05, 0) is 24.3 Å². The molecular formula is C12H10N6O2S. The van der Waals surface area contributed by atoms with Crippen LogP contribution in [0, 0.1) is 10.1 Å². The van der Waals surface area contributed by atoms with Crippen molar-refractivity contribution < 1.29 is 4.92 Å². The zero-order valence-electron chi connectivity index (χ0n) is 10.6. The van der Waals surface area contributed by atoms with Gasteiger partial charge in [-0.15, -0.1) is 11.3 Å². The van der Waals surface area contributed by atoms with Crippen LogP contribution in [0.5, 0.6) is 0 Å². The SMILES string of the molecule is NNc1ccc([N+](=O)[O-])c(Nc2ccc3ncsc3c2)n1. The molecule has 0 saturated carbocycles. The number of rotatable bonds is 4. The maximum absolute atomic E-state index is 11.0. The Bertz CT molecular complexity index is 818. The largest absolute Gasteiger partial charge is 0.334 e. The zero-order chi connectivity index (χ0) is 14.8. The first-order chi connectivity index (χ1) is 10.2. The molecule has 106 valence electrons. The summed E-state index contributed by atoms with van der Waals surface area (Å²) < 4.78 is 0.982. The molecule has 0 fully saturated rings. The minimum atomic E-state index is -0.499. The summed E-state index contributed by atoms with van der Waals surface area (Å²) in [5.74, 6) is 5.74. The van der Waals surface area contributed by atoms with Crippen LogP contribution in [0.4, 0.5) is 23.0 Å². The third kappa shape index (κ3) is 2.59. The lowest BCUT2D eigenvalue weighted by Crippen LogP contribution is -2.10. The third-order valence-electron chi connectivity index (χ3n) is 2.81. The van der Waals surface area contributed by atoms with E-state index in [1.54, 1.807) is 11.6 Å². The Labute approximate surface area is 122 Å². The van der Waals surface area contributed by atoms with Crippen LogP contribution in [0.25, 0.3) is 10.2 Å². The van der Waals surface area contributed by atoms with Crippen LogP contribution in [-0.2, 0) is 0 Å². The maximum atomic E-state index is 11.0. The van der Waals surface area contributed by atoms with E-state index in [0.29, 0.717) is 11.5 Å². The van der Waals surface area contributed by atoms with Gasteiger partial charge in [-0.2, -0.15) is 0 Å². The lowest BCUT2D eigenvalue weighted by molar-refractivity contribution is -0.384. The van der Waals surface area contributed by atoms with Crippen LogP contribution >= 0.6 is 11.3 Å². The van der Waals surface area contributed by atoms with Gasteiger partial charge >= 0.3 is 5.69 Å². The van der Waals surface area contributed by atoms with E-state index in [2.05, 4.69) is 20.7 Å². The fourth-order valence-corrected chi connectivity index (χ4v) is 2.56. The number of thiazole rings is 1. The van der Waals surface area contributed by atoms with Crippen molar-refractivity contribution in [1.29, 1.82) is 0 Å². The number of pyridine rings is 1. The molecule has 0 atom stereocenters. The highest BCUT2D eigenvalue weighted by atomic mass is 32.1. The predicted molar refractivity (Wildman–Crippen MR) is 81.6 cm³/mol. The molecule has 9 heteroatoms. The molecule has 0 spiro atoms. The van der Waals surface area contributed by atoms with Gasteiger partial charge in [0, 0.05) is 11.8 Å². The van der Waals surface area contributed by atoms with Gasteiger partial charge in [-0.25, -0.2) is 15.8 Å². The molecule has 0 amide bonds. The highest BCUT2D eigenvalue weighted by Crippen LogP contribution is 2.29. The van der Waals surface area contributed by atoms with Crippen LogP contribution in [0.15, 0.2) is 35.8 Å². The Hall–Kier alpha value is -2.78. The summed E-state index contributed by atoms with van der Waals surface area (Å²) in [6, 6.07) is 8.27. The zero-order valence-corrected chi connectivity index (χ0v) is 11.4. The molecule has 2 aromatic heterocycles. The van der Waals surface area contributed by atoms with Crippen LogP contribution in [-0.4, -0.2) is 14.9 Å². The lowest BCUT2D eigenvalue weighted by Gasteiger charge is -2.08. The Balaban J connectivity index is 2.00. The van der Waals surface area contributed by atoms with Crippen LogP contribution in [0.3, 0.4) is 0 Å². The van der Waals surface area contributed by atoms with Crippen molar-refractivity contribution in [2.24, 2.45) is 5.84 Å². The van der Waals surface area contributed by atoms with E-state index < -0.39 is 4.92 Å². The second kappa shape index (κ2) is 5.31. The number of nitrogen functional groups attached to an aromatic ring is 1. The monoisotopic (exact) mass is 302 g/mol. The van der Waals surface area contributed by atoms with Crippen molar-refractivity contribution in [2.75, 3.05) is 10.7 Å². The van der Waals surface area contributed by atoms with Crippen molar-refractivity contribution in [3.63, 3.8) is 0 Å². The molecule has 0 unspecified atom stereocenters. The third-order valence-corrected chi connectivity index (χ3v) is 3.60. The molecule has 0 radical (unpaired) electrons. The van der Waals surface area contributed by atoms with Gasteiger partial charge in [0.25, 0.3) is 0 Å². The minimum Gasteiger partial charge on any atom is -0.334 e. The average Bonchev–Trinajstić information content (AvgIpc) is 2.94. The molecule has 0 aliphatic heterocycles. The van der Waals surface area contributed by atoms with Crippen molar-refractivity contribution >= 4 is 44.6 Å². The summed E-state index contributed by atoms with van der Waals surface area (Å²) in [6.45, 7) is 0. The molecule has 3 aromatic rings. The first-order valence-corrected chi connectivity index (χ1v) is 6.77. The second-order valence-corrected chi connectivity index (χ2v) is 5.01. The molecule has 3 rings (SSSR count). The standard InChI is InChI=1S/C12H10N6O2S/c13-17-11-4-3-9(18(19)20)12(16-11)15-7-1-2-8-10(5-7)21-6-14-8/h1-6H,13H2,(H2,15,16,17). The quantitative estimate of drug-likeness (QED) is 0.385. The van der Waals surface area contributed by atoms with Crippen LogP contribution in [0.1, 0.15) is 0 Å². The van der Waals surface area contributed by atoms with Gasteiger partial charge in [-0.1, -0.05) is 0 Å². The minimum absolute atomic E-state index is 0.124. The Kier molecular flexibility index (Phi) is 3.34. The van der Waals surface area contributed by atoms with E-state index in [1.807, 2.05) is 12.1 Å². The number of aromatic nitrogens is 2. The molecule has 8 nitrogen and oxygen atoms in total. The van der Waals surface area contributed by atoms with Gasteiger partial charge in [0.2, 0.25) is 5.82 Å². The van der Waals surface area contributed by atoms with Crippen LogP contribution in [0.2, 0.25) is 0 Å². The number of hydrazine groups is 1. The number of nitrogens with one attached hydrogen (secondary N) is 2. The molecule has 0 aliphatic rings. The van der Waals surface area contributed by atoms with Gasteiger partial charge in [0.15, 0.2) is 0 Å². The van der Waals surface area contributed by atoms with E-state index in [4.69, 9.17) is 5.84 Å². The summed E-state index contributed by atoms with van der Waals surface area (Å²) >= 11 is 1.49. The number of nitrogens with zero attached hydrogens (tertiary/aromatic N) is 3. The predicted octanol–water partition coefficient (Wildman–Crippen LogP) is 2.63. The van der Waals surface area contributed by atoms with Gasteiger partial charge in [0.05, 0.1) is 20.7 Å². The summed E-state index contributed by atoms with van der Waals surface area (Å²) in [7, 11) is 0. The Morgan fingerprint density at radius 3 is 2.90 bits per heavy atom. The Morgan fingerprint density at radius 2 is 2.14 bits per heavy atom. The highest BCUT2D eigenvalue weighted by molar-refractivity contribution is 7.16. The lowest BCUT2D eigenvalue weighted by atomic mass is 10.3. The van der Waals surface area contributed by atoms with E-state index in [9.17, 15) is 10.1 Å². The summed E-state index contributed by atoms with van der Waals surface area (Å²) in [5.41, 5.74) is 5.55. The number of hydrogen-bond donors (Lipinski definition) is 3. The number of hydrogen-bond acceptors (Lipinski definition) is 8.